The number of carbonyl (C=O) groups excluding carboxylic acids is 1. The molecular weight excluding hydrogens is 256 g/mol. The van der Waals surface area contributed by atoms with Gasteiger partial charge in [0, 0.05) is 0 Å². The monoisotopic (exact) mass is 272 g/mol. The Labute approximate surface area is 111 Å². The molecular formula is C13H17ClO4. The summed E-state index contributed by atoms with van der Waals surface area (Å²) in [5, 5.41) is 10.3. The fraction of sp³-hybridized carbons (Fsp3) is 0.462. The number of halogens is 1. The van der Waals surface area contributed by atoms with Crippen LogP contribution in [0, 0.1) is 13.8 Å². The maximum Gasteiger partial charge on any atom is 0.339 e. The smallest absolute Gasteiger partial charge is 0.339 e. The molecule has 0 bridgehead atoms. The first-order valence-corrected chi connectivity index (χ1v) is 6.00. The fourth-order valence-electron chi connectivity index (χ4n) is 1.83. The van der Waals surface area contributed by atoms with E-state index in [1.54, 1.807) is 13.8 Å². The van der Waals surface area contributed by atoms with Crippen LogP contribution in [0.2, 0.25) is 5.02 Å². The number of methoxy groups -OCH3 is 1. The van der Waals surface area contributed by atoms with Gasteiger partial charge in [0.05, 0.1) is 24.3 Å². The third-order valence-electron chi connectivity index (χ3n) is 2.61. The van der Waals surface area contributed by atoms with Crippen molar-refractivity contribution in [2.75, 3.05) is 13.7 Å². The van der Waals surface area contributed by atoms with Gasteiger partial charge in [-0.25, -0.2) is 4.79 Å². The van der Waals surface area contributed by atoms with Crippen molar-refractivity contribution in [3.8, 4) is 5.75 Å². The molecule has 0 aliphatic rings. The molecule has 1 atom stereocenters. The lowest BCUT2D eigenvalue weighted by Gasteiger charge is -2.18. The Morgan fingerprint density at radius 2 is 2.06 bits per heavy atom. The van der Waals surface area contributed by atoms with Gasteiger partial charge in [0.2, 0.25) is 0 Å². The van der Waals surface area contributed by atoms with E-state index in [0.29, 0.717) is 10.8 Å². The highest BCUT2D eigenvalue weighted by molar-refractivity contribution is 6.32. The van der Waals surface area contributed by atoms with Gasteiger partial charge in [0.25, 0.3) is 0 Å². The molecule has 1 rings (SSSR count). The molecule has 0 amide bonds. The van der Waals surface area contributed by atoms with E-state index >= 15 is 0 Å². The first-order valence-electron chi connectivity index (χ1n) is 5.62. The zero-order valence-electron chi connectivity index (χ0n) is 10.9. The molecule has 1 N–H and O–H groups in total. The summed E-state index contributed by atoms with van der Waals surface area (Å²) in [6.45, 7) is 5.49. The van der Waals surface area contributed by atoms with Crippen LogP contribution in [0.3, 0.4) is 0 Å². The Morgan fingerprint density at radius 1 is 1.44 bits per heavy atom. The van der Waals surface area contributed by atoms with Crippen LogP contribution in [0.25, 0.3) is 0 Å². The van der Waals surface area contributed by atoms with Crippen molar-refractivity contribution in [2.24, 2.45) is 0 Å². The second kappa shape index (κ2) is 6.07. The fourth-order valence-corrected chi connectivity index (χ4v) is 2.08. The molecule has 0 saturated carbocycles. The normalized spacial score (nSPS) is 12.1. The highest BCUT2D eigenvalue weighted by atomic mass is 35.5. The summed E-state index contributed by atoms with van der Waals surface area (Å²) in [5.41, 5.74) is 1.83. The number of ether oxygens (including phenoxy) is 2. The lowest BCUT2D eigenvalue weighted by molar-refractivity contribution is -0.153. The minimum Gasteiger partial charge on any atom is -0.496 e. The molecule has 1 unspecified atom stereocenters. The van der Waals surface area contributed by atoms with Gasteiger partial charge in [-0.1, -0.05) is 17.7 Å². The summed E-state index contributed by atoms with van der Waals surface area (Å²) < 4.78 is 10.00. The second-order valence-electron chi connectivity index (χ2n) is 3.93. The molecule has 0 radical (unpaired) electrons. The highest BCUT2D eigenvalue weighted by Crippen LogP contribution is 2.37. The number of esters is 1. The van der Waals surface area contributed by atoms with Gasteiger partial charge in [-0.15, -0.1) is 0 Å². The summed E-state index contributed by atoms with van der Waals surface area (Å²) in [6.07, 6.45) is -1.44. The molecule has 1 aromatic rings. The molecule has 0 saturated heterocycles. The SMILES string of the molecule is CCOC(=O)C(O)c1c(Cl)c(C)cc(C)c1OC. The van der Waals surface area contributed by atoms with Crippen LogP contribution in [-0.2, 0) is 9.53 Å². The zero-order chi connectivity index (χ0) is 13.9. The zero-order valence-corrected chi connectivity index (χ0v) is 11.7. The van der Waals surface area contributed by atoms with Crippen molar-refractivity contribution >= 4 is 17.6 Å². The van der Waals surface area contributed by atoms with Crippen LogP contribution in [0.1, 0.15) is 29.7 Å². The lowest BCUT2D eigenvalue weighted by atomic mass is 10.0. The van der Waals surface area contributed by atoms with Gasteiger partial charge in [-0.3, -0.25) is 0 Å². The maximum atomic E-state index is 11.6. The van der Waals surface area contributed by atoms with E-state index in [1.165, 1.54) is 7.11 Å². The topological polar surface area (TPSA) is 55.8 Å². The van der Waals surface area contributed by atoms with E-state index in [2.05, 4.69) is 0 Å². The Hall–Kier alpha value is -1.26. The summed E-state index contributed by atoms with van der Waals surface area (Å²) in [5.74, 6) is -0.325. The molecule has 0 spiro atoms. The third kappa shape index (κ3) is 2.76. The van der Waals surface area contributed by atoms with Gasteiger partial charge in [0.1, 0.15) is 5.75 Å². The molecule has 100 valence electrons. The van der Waals surface area contributed by atoms with Crippen molar-refractivity contribution in [3.05, 3.63) is 27.8 Å². The van der Waals surface area contributed by atoms with Crippen LogP contribution in [0.5, 0.6) is 5.75 Å². The average Bonchev–Trinajstić information content (AvgIpc) is 2.32. The number of aliphatic hydroxyl groups is 1. The number of rotatable bonds is 4. The summed E-state index contributed by atoms with van der Waals surface area (Å²) in [6, 6.07) is 1.84. The van der Waals surface area contributed by atoms with Crippen LogP contribution in [0.15, 0.2) is 6.07 Å². The molecule has 1 aromatic carbocycles. The van der Waals surface area contributed by atoms with Crippen LogP contribution in [0.4, 0.5) is 0 Å². The minimum atomic E-state index is -1.44. The van der Waals surface area contributed by atoms with E-state index in [9.17, 15) is 9.90 Å². The van der Waals surface area contributed by atoms with Gasteiger partial charge < -0.3 is 14.6 Å². The quantitative estimate of drug-likeness (QED) is 0.856. The second-order valence-corrected chi connectivity index (χ2v) is 4.30. The van der Waals surface area contributed by atoms with Crippen LogP contribution in [-0.4, -0.2) is 24.8 Å². The van der Waals surface area contributed by atoms with Crippen LogP contribution < -0.4 is 4.74 Å². The predicted molar refractivity (Wildman–Crippen MR) is 69.1 cm³/mol. The number of hydrogen-bond acceptors (Lipinski definition) is 4. The maximum absolute atomic E-state index is 11.6. The molecule has 0 heterocycles. The lowest BCUT2D eigenvalue weighted by Crippen LogP contribution is -2.17. The predicted octanol–water partition coefficient (Wildman–Crippen LogP) is 2.56. The van der Waals surface area contributed by atoms with Gasteiger partial charge in [0.15, 0.2) is 6.10 Å². The van der Waals surface area contributed by atoms with E-state index in [0.717, 1.165) is 11.1 Å². The number of aliphatic hydroxyl groups excluding tert-OH is 1. The molecule has 4 nitrogen and oxygen atoms in total. The van der Waals surface area contributed by atoms with E-state index in [-0.39, 0.29) is 12.2 Å². The van der Waals surface area contributed by atoms with Gasteiger partial charge >= 0.3 is 5.97 Å². The van der Waals surface area contributed by atoms with E-state index in [1.807, 2.05) is 13.0 Å². The molecule has 0 aliphatic heterocycles. The molecule has 18 heavy (non-hydrogen) atoms. The summed E-state index contributed by atoms with van der Waals surface area (Å²) in [4.78, 5) is 11.6. The minimum absolute atomic E-state index is 0.195. The highest BCUT2D eigenvalue weighted by Gasteiger charge is 2.27. The molecule has 5 heteroatoms. The average molecular weight is 273 g/mol. The number of aryl methyl sites for hydroxylation is 2. The largest absolute Gasteiger partial charge is 0.496 e. The molecule has 0 aromatic heterocycles. The van der Waals surface area contributed by atoms with Crippen molar-refractivity contribution in [2.45, 2.75) is 26.9 Å². The third-order valence-corrected chi connectivity index (χ3v) is 3.11. The number of hydrogen-bond donors (Lipinski definition) is 1. The summed E-state index contributed by atoms with van der Waals surface area (Å²) in [7, 11) is 1.47. The van der Waals surface area contributed by atoms with Crippen molar-refractivity contribution in [1.29, 1.82) is 0 Å². The number of carbonyl (C=O) groups is 1. The molecule has 0 fully saturated rings. The Bertz CT molecular complexity index is 457. The van der Waals surface area contributed by atoms with E-state index in [4.69, 9.17) is 21.1 Å². The Kier molecular flexibility index (Phi) is 4.99. The van der Waals surface area contributed by atoms with Crippen molar-refractivity contribution in [1.82, 2.24) is 0 Å². The first-order chi connectivity index (χ1) is 8.43. The van der Waals surface area contributed by atoms with Gasteiger partial charge in [-0.2, -0.15) is 0 Å². The standard InChI is InChI=1S/C13H17ClO4/c1-5-18-13(16)11(15)9-10(14)7(2)6-8(3)12(9)17-4/h6,11,15H,5H2,1-4H3. The Balaban J connectivity index is 3.33. The number of benzene rings is 1. The molecule has 0 aliphatic carbocycles. The first kappa shape index (κ1) is 14.8. The van der Waals surface area contributed by atoms with Crippen molar-refractivity contribution < 1.29 is 19.4 Å². The van der Waals surface area contributed by atoms with Gasteiger partial charge in [-0.05, 0) is 31.9 Å². The van der Waals surface area contributed by atoms with Crippen molar-refractivity contribution in [3.63, 3.8) is 0 Å². The summed E-state index contributed by atoms with van der Waals surface area (Å²) >= 11 is 6.14. The van der Waals surface area contributed by atoms with E-state index < -0.39 is 12.1 Å². The Morgan fingerprint density at radius 3 is 2.56 bits per heavy atom. The van der Waals surface area contributed by atoms with Crippen LogP contribution >= 0.6 is 11.6 Å².